The quantitative estimate of drug-likeness (QED) is 0.135. The van der Waals surface area contributed by atoms with Gasteiger partial charge in [0.25, 0.3) is 5.91 Å². The molecule has 0 unspecified atom stereocenters. The van der Waals surface area contributed by atoms with Crippen LogP contribution in [0.15, 0.2) is 90.2 Å². The van der Waals surface area contributed by atoms with Gasteiger partial charge in [-0.3, -0.25) is 19.6 Å². The predicted octanol–water partition coefficient (Wildman–Crippen LogP) is 3.10. The number of aromatic amines is 1. The fourth-order valence-electron chi connectivity index (χ4n) is 4.77. The standard InChI is InChI=1S/C32H27N7O4/c1-18-21(29(30(41)39-32(33)34)38-27(18)31(42)43)13-15-26(40)20-10-8-19(9-11-20)22-12-14-24(23-6-2-4-16-35-23)37-28(22)25-7-3-5-17-36-25/h2-12,14,16-17,38H,13,15H2,1H3,(H,42,43)(H4,33,34,39,41)/p-1. The lowest BCUT2D eigenvalue weighted by atomic mass is 9.96. The van der Waals surface area contributed by atoms with Crippen molar-refractivity contribution in [2.24, 2.45) is 16.5 Å². The summed E-state index contributed by atoms with van der Waals surface area (Å²) in [5, 5.41) is 11.5. The van der Waals surface area contributed by atoms with Crippen LogP contribution in [0.3, 0.4) is 0 Å². The summed E-state index contributed by atoms with van der Waals surface area (Å²) in [6.45, 7) is 1.52. The van der Waals surface area contributed by atoms with Crippen LogP contribution in [0.25, 0.3) is 33.9 Å². The summed E-state index contributed by atoms with van der Waals surface area (Å²) in [5.41, 5.74) is 15.8. The third-order valence-electron chi connectivity index (χ3n) is 6.88. The Morgan fingerprint density at radius 1 is 0.837 bits per heavy atom. The van der Waals surface area contributed by atoms with E-state index in [0.717, 1.165) is 16.8 Å². The number of guanidine groups is 1. The Balaban J connectivity index is 1.41. The first kappa shape index (κ1) is 28.6. The van der Waals surface area contributed by atoms with Crippen molar-refractivity contribution < 1.29 is 19.5 Å². The number of pyridine rings is 3. The van der Waals surface area contributed by atoms with Crippen LogP contribution >= 0.6 is 0 Å². The van der Waals surface area contributed by atoms with E-state index < -0.39 is 17.8 Å². The number of nitrogens with one attached hydrogen (secondary N) is 1. The van der Waals surface area contributed by atoms with E-state index in [1.807, 2.05) is 60.7 Å². The van der Waals surface area contributed by atoms with Gasteiger partial charge in [0.15, 0.2) is 11.7 Å². The second-order valence-corrected chi connectivity index (χ2v) is 9.63. The molecule has 0 atom stereocenters. The van der Waals surface area contributed by atoms with Crippen LogP contribution in [0.4, 0.5) is 0 Å². The number of carboxylic acids is 1. The highest BCUT2D eigenvalue weighted by molar-refractivity contribution is 6.04. The fraction of sp³-hybridized carbons (Fsp3) is 0.0938. The van der Waals surface area contributed by atoms with Crippen LogP contribution in [0, 0.1) is 6.92 Å². The maximum absolute atomic E-state index is 13.1. The van der Waals surface area contributed by atoms with E-state index in [2.05, 4.69) is 19.9 Å². The second kappa shape index (κ2) is 12.3. The minimum Gasteiger partial charge on any atom is -0.543 e. The number of H-pyrrole nitrogens is 1. The number of ketones is 1. The molecule has 11 heteroatoms. The van der Waals surface area contributed by atoms with Gasteiger partial charge in [0.05, 0.1) is 34.4 Å². The smallest absolute Gasteiger partial charge is 0.296 e. The van der Waals surface area contributed by atoms with Gasteiger partial charge in [-0.25, -0.2) is 4.98 Å². The Bertz CT molecular complexity index is 1840. The molecule has 0 bridgehead atoms. The van der Waals surface area contributed by atoms with E-state index in [1.165, 1.54) is 6.92 Å². The molecular formula is C32H26N7O4-. The molecular weight excluding hydrogens is 546 g/mol. The number of hydrogen-bond acceptors (Lipinski definition) is 7. The van der Waals surface area contributed by atoms with Crippen molar-refractivity contribution in [1.29, 1.82) is 0 Å². The van der Waals surface area contributed by atoms with Crippen molar-refractivity contribution in [2.45, 2.75) is 19.8 Å². The summed E-state index contributed by atoms with van der Waals surface area (Å²) in [6.07, 6.45) is 3.50. The van der Waals surface area contributed by atoms with Gasteiger partial charge in [0.2, 0.25) is 0 Å². The normalized spacial score (nSPS) is 10.7. The van der Waals surface area contributed by atoms with E-state index in [-0.39, 0.29) is 35.6 Å². The Hall–Kier alpha value is -5.97. The number of rotatable bonds is 9. The highest BCUT2D eigenvalue weighted by Gasteiger charge is 2.21. The predicted molar refractivity (Wildman–Crippen MR) is 159 cm³/mol. The maximum Gasteiger partial charge on any atom is 0.296 e. The van der Waals surface area contributed by atoms with Crippen molar-refractivity contribution in [3.05, 3.63) is 113 Å². The fourth-order valence-corrected chi connectivity index (χ4v) is 4.77. The summed E-state index contributed by atoms with van der Waals surface area (Å²) in [6, 6.07) is 22.2. The molecule has 4 heterocycles. The van der Waals surface area contributed by atoms with E-state index >= 15 is 0 Å². The van der Waals surface area contributed by atoms with Crippen LogP contribution < -0.4 is 16.6 Å². The first-order valence-corrected chi connectivity index (χ1v) is 13.3. The molecule has 214 valence electrons. The SMILES string of the molecule is Cc1c(C(=O)[O-])[nH]c(C(=O)N=C(N)N)c1CCC(=O)c1ccc(-c2ccc(-c3ccccn3)nc2-c2ccccn2)cc1. The van der Waals surface area contributed by atoms with Gasteiger partial charge >= 0.3 is 0 Å². The van der Waals surface area contributed by atoms with Gasteiger partial charge in [-0.15, -0.1) is 0 Å². The largest absolute Gasteiger partial charge is 0.543 e. The highest BCUT2D eigenvalue weighted by atomic mass is 16.4. The number of nitrogens with zero attached hydrogens (tertiary/aromatic N) is 4. The van der Waals surface area contributed by atoms with Gasteiger partial charge in [-0.2, -0.15) is 4.99 Å². The summed E-state index contributed by atoms with van der Waals surface area (Å²) in [4.78, 5) is 57.0. The van der Waals surface area contributed by atoms with Crippen molar-refractivity contribution >= 4 is 23.6 Å². The molecule has 1 aromatic carbocycles. The molecule has 5 N–H and O–H groups in total. The van der Waals surface area contributed by atoms with Crippen LogP contribution in [0.5, 0.6) is 0 Å². The zero-order valence-corrected chi connectivity index (χ0v) is 23.1. The molecule has 43 heavy (non-hydrogen) atoms. The van der Waals surface area contributed by atoms with Gasteiger partial charge in [0.1, 0.15) is 5.69 Å². The van der Waals surface area contributed by atoms with Crippen LogP contribution in [0.2, 0.25) is 0 Å². The number of amides is 1. The maximum atomic E-state index is 13.1. The Morgan fingerprint density at radius 3 is 2.12 bits per heavy atom. The van der Waals surface area contributed by atoms with Crippen molar-refractivity contribution in [2.75, 3.05) is 0 Å². The van der Waals surface area contributed by atoms with Gasteiger partial charge in [-0.05, 0) is 66.4 Å². The molecule has 0 saturated carbocycles. The topological polar surface area (TPSA) is 193 Å². The summed E-state index contributed by atoms with van der Waals surface area (Å²) >= 11 is 0. The third-order valence-corrected chi connectivity index (χ3v) is 6.88. The van der Waals surface area contributed by atoms with E-state index in [1.54, 1.807) is 24.5 Å². The number of carbonyl (C=O) groups is 3. The molecule has 0 aliphatic carbocycles. The minimum absolute atomic E-state index is 0.00609. The lowest BCUT2D eigenvalue weighted by Gasteiger charge is -2.12. The van der Waals surface area contributed by atoms with Crippen molar-refractivity contribution in [3.63, 3.8) is 0 Å². The van der Waals surface area contributed by atoms with Crippen LogP contribution in [-0.4, -0.2) is 43.6 Å². The molecule has 1 amide bonds. The molecule has 0 spiro atoms. The number of aromatic nitrogens is 4. The zero-order chi connectivity index (χ0) is 30.5. The average molecular weight is 573 g/mol. The zero-order valence-electron chi connectivity index (χ0n) is 23.1. The molecule has 0 radical (unpaired) electrons. The summed E-state index contributed by atoms with van der Waals surface area (Å²) in [7, 11) is 0. The molecule has 5 aromatic rings. The Labute approximate surface area is 246 Å². The Kier molecular flexibility index (Phi) is 8.15. The molecule has 0 saturated heterocycles. The molecule has 4 aromatic heterocycles. The van der Waals surface area contributed by atoms with Gasteiger partial charge in [-0.1, -0.05) is 36.4 Å². The Morgan fingerprint density at radius 2 is 1.51 bits per heavy atom. The minimum atomic E-state index is -1.49. The van der Waals surface area contributed by atoms with Crippen LogP contribution in [-0.2, 0) is 6.42 Å². The van der Waals surface area contributed by atoms with Crippen molar-refractivity contribution in [1.82, 2.24) is 19.9 Å². The molecule has 0 fully saturated rings. The molecule has 0 aliphatic rings. The number of aromatic carboxylic acids is 1. The molecule has 5 rings (SSSR count). The van der Waals surface area contributed by atoms with E-state index in [0.29, 0.717) is 28.2 Å². The number of aliphatic imine (C=N–C) groups is 1. The first-order valence-electron chi connectivity index (χ1n) is 13.3. The lowest BCUT2D eigenvalue weighted by molar-refractivity contribution is -0.255. The monoisotopic (exact) mass is 572 g/mol. The second-order valence-electron chi connectivity index (χ2n) is 9.63. The number of Topliss-reactive ketones (excluding diaryl/α,β-unsaturated/α-hetero) is 1. The lowest BCUT2D eigenvalue weighted by Crippen LogP contribution is -2.25. The van der Waals surface area contributed by atoms with E-state index in [4.69, 9.17) is 16.5 Å². The third kappa shape index (κ3) is 6.20. The highest BCUT2D eigenvalue weighted by Crippen LogP contribution is 2.32. The molecule has 0 aliphatic heterocycles. The summed E-state index contributed by atoms with van der Waals surface area (Å²) in [5.74, 6) is -3.00. The average Bonchev–Trinajstić information content (AvgIpc) is 3.36. The first-order chi connectivity index (χ1) is 20.7. The van der Waals surface area contributed by atoms with Crippen molar-refractivity contribution in [3.8, 4) is 33.9 Å². The molecule has 11 nitrogen and oxygen atoms in total. The number of hydrogen-bond donors (Lipinski definition) is 3. The van der Waals surface area contributed by atoms with Crippen LogP contribution in [0.1, 0.15) is 48.9 Å². The number of carbonyl (C=O) groups excluding carboxylic acids is 3. The van der Waals surface area contributed by atoms with Gasteiger partial charge in [0, 0.05) is 29.9 Å². The number of nitrogens with two attached hydrogens (primary N) is 2. The van der Waals surface area contributed by atoms with E-state index in [9.17, 15) is 19.5 Å². The summed E-state index contributed by atoms with van der Waals surface area (Å²) < 4.78 is 0. The number of benzene rings is 1. The number of carboxylic acid groups (broad SMARTS) is 1. The van der Waals surface area contributed by atoms with Gasteiger partial charge < -0.3 is 26.4 Å².